The minimum Gasteiger partial charge on any atom is -0.494 e. The first-order valence-electron chi connectivity index (χ1n) is 11.8. The Bertz CT molecular complexity index is 1510. The highest BCUT2D eigenvalue weighted by molar-refractivity contribution is 5.83. The van der Waals surface area contributed by atoms with Crippen molar-refractivity contribution in [2.24, 2.45) is 0 Å². The lowest BCUT2D eigenvalue weighted by Gasteiger charge is -2.22. The van der Waals surface area contributed by atoms with Gasteiger partial charge in [0.1, 0.15) is 17.1 Å². The molecule has 0 radical (unpaired) electrons. The first-order valence-corrected chi connectivity index (χ1v) is 11.8. The summed E-state index contributed by atoms with van der Waals surface area (Å²) < 4.78 is 64.1. The smallest absolute Gasteiger partial charge is 0.416 e. The third-order valence-electron chi connectivity index (χ3n) is 6.90. The Hall–Kier alpha value is -3.79. The lowest BCUT2D eigenvalue weighted by atomic mass is 10.1. The van der Waals surface area contributed by atoms with Crippen molar-refractivity contribution in [1.82, 2.24) is 9.13 Å². The van der Waals surface area contributed by atoms with Crippen LogP contribution in [0.4, 0.5) is 23.2 Å². The van der Waals surface area contributed by atoms with Crippen LogP contribution in [-0.2, 0) is 19.3 Å². The summed E-state index contributed by atoms with van der Waals surface area (Å²) in [7, 11) is 1.44. The van der Waals surface area contributed by atoms with Crippen LogP contribution in [0.3, 0.4) is 0 Å². The molecule has 5 rings (SSSR count). The standard InChI is InChI=1S/C27H25F4N3O3/c1-37-23-11-5-10-22-25(23)33(14-17-6-2-3-8-20(17)27(29,30)31)26(36)34(22)19-12-13-32(15-19)24-18(16-35)7-4-9-21(24)28/h2-11,19,35H,12-16H2,1H3. The van der Waals surface area contributed by atoms with Crippen molar-refractivity contribution < 1.29 is 27.4 Å². The van der Waals surface area contributed by atoms with Gasteiger partial charge in [-0.1, -0.05) is 36.4 Å². The number of methoxy groups -OCH3 is 1. The molecular formula is C27H25F4N3O3. The second-order valence-corrected chi connectivity index (χ2v) is 9.02. The molecular weight excluding hydrogens is 490 g/mol. The first-order chi connectivity index (χ1) is 17.7. The third kappa shape index (κ3) is 4.35. The number of para-hydroxylation sites is 2. The van der Waals surface area contributed by atoms with E-state index in [9.17, 15) is 27.5 Å². The Kier molecular flexibility index (Phi) is 6.45. The fourth-order valence-electron chi connectivity index (χ4n) is 5.27. The van der Waals surface area contributed by atoms with E-state index >= 15 is 0 Å². The van der Waals surface area contributed by atoms with Crippen LogP contribution < -0.4 is 15.3 Å². The monoisotopic (exact) mass is 515 g/mol. The van der Waals surface area contributed by atoms with Crippen LogP contribution in [0.15, 0.2) is 65.5 Å². The molecule has 10 heteroatoms. The van der Waals surface area contributed by atoms with E-state index in [1.165, 1.54) is 42.0 Å². The molecule has 37 heavy (non-hydrogen) atoms. The zero-order valence-corrected chi connectivity index (χ0v) is 20.0. The van der Waals surface area contributed by atoms with Gasteiger partial charge < -0.3 is 14.7 Å². The second-order valence-electron chi connectivity index (χ2n) is 9.02. The highest BCUT2D eigenvalue weighted by Gasteiger charge is 2.34. The van der Waals surface area contributed by atoms with Crippen LogP contribution in [-0.4, -0.2) is 34.4 Å². The average molecular weight is 516 g/mol. The molecule has 1 aliphatic rings. The van der Waals surface area contributed by atoms with Gasteiger partial charge in [-0.3, -0.25) is 9.13 Å². The number of imidazole rings is 1. The molecule has 0 spiro atoms. The average Bonchev–Trinajstić information content (AvgIpc) is 3.45. The van der Waals surface area contributed by atoms with Crippen molar-refractivity contribution >= 4 is 16.7 Å². The van der Waals surface area contributed by atoms with E-state index in [1.807, 2.05) is 0 Å². The van der Waals surface area contributed by atoms with E-state index < -0.39 is 23.2 Å². The molecule has 1 N–H and O–H groups in total. The predicted molar refractivity (Wildman–Crippen MR) is 131 cm³/mol. The van der Waals surface area contributed by atoms with Crippen LogP contribution in [0.2, 0.25) is 0 Å². The van der Waals surface area contributed by atoms with Gasteiger partial charge in [-0.2, -0.15) is 13.2 Å². The number of rotatable bonds is 6. The minimum absolute atomic E-state index is 0.0333. The molecule has 3 aromatic carbocycles. The number of nitrogens with zero attached hydrogens (tertiary/aromatic N) is 3. The Labute approximate surface area is 209 Å². The van der Waals surface area contributed by atoms with E-state index in [2.05, 4.69) is 0 Å². The highest BCUT2D eigenvalue weighted by atomic mass is 19.4. The number of hydrogen-bond donors (Lipinski definition) is 1. The molecule has 194 valence electrons. The molecule has 1 aromatic heterocycles. The van der Waals surface area contributed by atoms with E-state index in [0.717, 1.165) is 6.07 Å². The van der Waals surface area contributed by atoms with Gasteiger partial charge >= 0.3 is 11.9 Å². The van der Waals surface area contributed by atoms with Crippen LogP contribution in [0.1, 0.15) is 29.2 Å². The summed E-state index contributed by atoms with van der Waals surface area (Å²) in [6.45, 7) is 0.113. The Morgan fingerprint density at radius 1 is 1.03 bits per heavy atom. The number of benzene rings is 3. The van der Waals surface area contributed by atoms with Gasteiger partial charge in [0, 0.05) is 18.7 Å². The maximum atomic E-state index is 14.7. The zero-order chi connectivity index (χ0) is 26.3. The van der Waals surface area contributed by atoms with E-state index in [4.69, 9.17) is 4.74 Å². The summed E-state index contributed by atoms with van der Waals surface area (Å²) in [5.41, 5.74) is 0.347. The van der Waals surface area contributed by atoms with Crippen molar-refractivity contribution in [3.05, 3.63) is 93.7 Å². The molecule has 1 fully saturated rings. The molecule has 1 saturated heterocycles. The van der Waals surface area contributed by atoms with Crippen molar-refractivity contribution in [1.29, 1.82) is 0 Å². The second kappa shape index (κ2) is 9.59. The van der Waals surface area contributed by atoms with Gasteiger partial charge in [0.15, 0.2) is 0 Å². The molecule has 0 aliphatic carbocycles. The van der Waals surface area contributed by atoms with E-state index in [-0.39, 0.29) is 24.8 Å². The van der Waals surface area contributed by atoms with Crippen molar-refractivity contribution in [2.45, 2.75) is 31.8 Å². The first kappa shape index (κ1) is 24.9. The van der Waals surface area contributed by atoms with Gasteiger partial charge in [-0.15, -0.1) is 0 Å². The molecule has 1 aliphatic heterocycles. The van der Waals surface area contributed by atoms with Gasteiger partial charge in [0.2, 0.25) is 0 Å². The summed E-state index contributed by atoms with van der Waals surface area (Å²) in [6.07, 6.45) is -4.06. The summed E-state index contributed by atoms with van der Waals surface area (Å²) in [6, 6.07) is 14.4. The number of anilines is 1. The summed E-state index contributed by atoms with van der Waals surface area (Å²) >= 11 is 0. The molecule has 0 bridgehead atoms. The van der Waals surface area contributed by atoms with Crippen LogP contribution >= 0.6 is 0 Å². The largest absolute Gasteiger partial charge is 0.494 e. The lowest BCUT2D eigenvalue weighted by molar-refractivity contribution is -0.138. The molecule has 2 heterocycles. The number of aliphatic hydroxyl groups is 1. The maximum Gasteiger partial charge on any atom is 0.416 e. The molecule has 0 amide bonds. The fourth-order valence-corrected chi connectivity index (χ4v) is 5.27. The third-order valence-corrected chi connectivity index (χ3v) is 6.90. The van der Waals surface area contributed by atoms with Crippen LogP contribution in [0.25, 0.3) is 11.0 Å². The maximum absolute atomic E-state index is 14.7. The normalized spacial score (nSPS) is 16.1. The predicted octanol–water partition coefficient (Wildman–Crippen LogP) is 4.96. The quantitative estimate of drug-likeness (QED) is 0.369. The molecule has 6 nitrogen and oxygen atoms in total. The summed E-state index contributed by atoms with van der Waals surface area (Å²) in [5.74, 6) is -0.100. The Morgan fingerprint density at radius 3 is 2.49 bits per heavy atom. The van der Waals surface area contributed by atoms with Crippen molar-refractivity contribution in [3.63, 3.8) is 0 Å². The van der Waals surface area contributed by atoms with E-state index in [0.29, 0.717) is 47.5 Å². The number of aliphatic hydroxyl groups excluding tert-OH is 1. The van der Waals surface area contributed by atoms with Gasteiger partial charge in [0.25, 0.3) is 0 Å². The van der Waals surface area contributed by atoms with Crippen molar-refractivity contribution in [3.8, 4) is 5.75 Å². The summed E-state index contributed by atoms with van der Waals surface area (Å²) in [4.78, 5) is 15.6. The number of fused-ring (bicyclic) bond motifs is 1. The number of ether oxygens (including phenoxy) is 1. The topological polar surface area (TPSA) is 59.6 Å². The lowest BCUT2D eigenvalue weighted by Crippen LogP contribution is -2.30. The number of alkyl halides is 3. The Balaban J connectivity index is 1.61. The fraction of sp³-hybridized carbons (Fsp3) is 0.296. The SMILES string of the molecule is COc1cccc2c1n(Cc1ccccc1C(F)(F)F)c(=O)n2C1CCN(c2c(F)cccc2CO)C1. The highest BCUT2D eigenvalue weighted by Crippen LogP contribution is 2.36. The van der Waals surface area contributed by atoms with Gasteiger partial charge in [0.05, 0.1) is 43.1 Å². The number of hydrogen-bond acceptors (Lipinski definition) is 4. The van der Waals surface area contributed by atoms with Gasteiger partial charge in [-0.25, -0.2) is 9.18 Å². The number of halogens is 4. The molecule has 0 saturated carbocycles. The van der Waals surface area contributed by atoms with E-state index in [1.54, 1.807) is 33.7 Å². The molecule has 4 aromatic rings. The zero-order valence-electron chi connectivity index (χ0n) is 20.0. The molecule has 1 unspecified atom stereocenters. The van der Waals surface area contributed by atoms with Crippen LogP contribution in [0, 0.1) is 5.82 Å². The van der Waals surface area contributed by atoms with Crippen LogP contribution in [0.5, 0.6) is 5.75 Å². The van der Waals surface area contributed by atoms with Gasteiger partial charge in [-0.05, 0) is 36.2 Å². The summed E-state index contributed by atoms with van der Waals surface area (Å²) in [5, 5.41) is 9.71. The Morgan fingerprint density at radius 2 is 1.76 bits per heavy atom. The number of aromatic nitrogens is 2. The molecule has 1 atom stereocenters. The minimum atomic E-state index is -4.57. The van der Waals surface area contributed by atoms with Crippen molar-refractivity contribution in [2.75, 3.05) is 25.1 Å².